The second-order valence-electron chi connectivity index (χ2n) is 4.55. The molecule has 2 N–H and O–H groups in total. The quantitative estimate of drug-likeness (QED) is 0.867. The van der Waals surface area contributed by atoms with Crippen molar-refractivity contribution in [2.45, 2.75) is 38.8 Å². The molecule has 1 aromatic rings. The monoisotopic (exact) mass is 316 g/mol. The van der Waals surface area contributed by atoms with Gasteiger partial charge < -0.3 is 5.73 Å². The number of nitrogens with two attached hydrogens (primary N) is 1. The summed E-state index contributed by atoms with van der Waals surface area (Å²) in [5.74, 6) is -0.188. The van der Waals surface area contributed by atoms with Crippen molar-refractivity contribution in [1.82, 2.24) is 4.90 Å². The molecule has 2 nitrogen and oxygen atoms in total. The maximum Gasteiger partial charge on any atom is 0.128 e. The fourth-order valence-corrected chi connectivity index (χ4v) is 2.78. The Kier molecular flexibility index (Phi) is 6.26. The third-order valence-electron chi connectivity index (χ3n) is 3.55. The van der Waals surface area contributed by atoms with Gasteiger partial charge in [-0.05, 0) is 38.1 Å². The first-order valence-corrected chi connectivity index (χ1v) is 7.21. The van der Waals surface area contributed by atoms with Crippen LogP contribution in [-0.2, 0) is 0 Å². The minimum absolute atomic E-state index is 0.0765. The molecule has 0 bridgehead atoms. The van der Waals surface area contributed by atoms with Crippen molar-refractivity contribution in [1.29, 1.82) is 0 Å². The van der Waals surface area contributed by atoms with Gasteiger partial charge in [0.1, 0.15) is 5.82 Å². The molecule has 1 aromatic carbocycles. The van der Waals surface area contributed by atoms with Crippen molar-refractivity contribution in [2.24, 2.45) is 5.73 Å². The number of likely N-dealkylation sites (N-methyl/N-ethyl adjacent to an activating group) is 1. The van der Waals surface area contributed by atoms with Gasteiger partial charge in [-0.3, -0.25) is 4.90 Å². The summed E-state index contributed by atoms with van der Waals surface area (Å²) in [7, 11) is 2.02. The highest BCUT2D eigenvalue weighted by molar-refractivity contribution is 9.10. The van der Waals surface area contributed by atoms with Crippen molar-refractivity contribution >= 4 is 15.9 Å². The summed E-state index contributed by atoms with van der Waals surface area (Å²) in [5, 5.41) is 0. The van der Waals surface area contributed by atoms with Crippen LogP contribution in [0.2, 0.25) is 0 Å². The molecule has 1 unspecified atom stereocenters. The van der Waals surface area contributed by atoms with E-state index >= 15 is 0 Å². The van der Waals surface area contributed by atoms with Crippen molar-refractivity contribution in [3.63, 3.8) is 0 Å². The van der Waals surface area contributed by atoms with Crippen LogP contribution < -0.4 is 5.73 Å². The topological polar surface area (TPSA) is 29.3 Å². The molecule has 0 amide bonds. The number of benzene rings is 1. The highest BCUT2D eigenvalue weighted by atomic mass is 79.9. The van der Waals surface area contributed by atoms with Crippen LogP contribution in [0.5, 0.6) is 0 Å². The molecule has 0 aliphatic rings. The molecule has 0 aromatic heterocycles. The summed E-state index contributed by atoms with van der Waals surface area (Å²) in [6.45, 7) is 4.71. The summed E-state index contributed by atoms with van der Waals surface area (Å²) in [6, 6.07) is 5.38. The number of halogens is 2. The first-order chi connectivity index (χ1) is 8.54. The Bertz CT molecular complexity index is 380. The Morgan fingerprint density at radius 3 is 2.44 bits per heavy atom. The zero-order valence-corrected chi connectivity index (χ0v) is 12.9. The number of hydrogen-bond donors (Lipinski definition) is 1. The molecule has 0 saturated heterocycles. The van der Waals surface area contributed by atoms with E-state index in [0.717, 1.165) is 17.3 Å². The van der Waals surface area contributed by atoms with Crippen LogP contribution in [0.3, 0.4) is 0 Å². The molecule has 0 radical (unpaired) electrons. The molecule has 0 fully saturated rings. The summed E-state index contributed by atoms with van der Waals surface area (Å²) in [5.41, 5.74) is 6.52. The van der Waals surface area contributed by atoms with E-state index in [1.165, 1.54) is 6.07 Å². The van der Waals surface area contributed by atoms with Crippen LogP contribution in [0.15, 0.2) is 22.7 Å². The van der Waals surface area contributed by atoms with E-state index in [1.807, 2.05) is 13.1 Å². The van der Waals surface area contributed by atoms with E-state index in [1.54, 1.807) is 6.07 Å². The van der Waals surface area contributed by atoms with Crippen LogP contribution in [0.4, 0.5) is 4.39 Å². The van der Waals surface area contributed by atoms with E-state index in [2.05, 4.69) is 34.7 Å². The first kappa shape index (κ1) is 15.6. The summed E-state index contributed by atoms with van der Waals surface area (Å²) in [4.78, 5) is 2.19. The van der Waals surface area contributed by atoms with Gasteiger partial charge in [0.2, 0.25) is 0 Å². The van der Waals surface area contributed by atoms with Gasteiger partial charge in [0.15, 0.2) is 0 Å². The Morgan fingerprint density at radius 2 is 1.94 bits per heavy atom. The number of nitrogens with zero attached hydrogens (tertiary/aromatic N) is 1. The molecule has 102 valence electrons. The van der Waals surface area contributed by atoms with E-state index in [0.29, 0.717) is 18.2 Å². The Hall–Kier alpha value is -0.450. The molecule has 4 heteroatoms. The molecule has 0 saturated carbocycles. The highest BCUT2D eigenvalue weighted by Crippen LogP contribution is 2.27. The molecular weight excluding hydrogens is 295 g/mol. The average Bonchev–Trinajstić information content (AvgIpc) is 2.36. The van der Waals surface area contributed by atoms with Crippen molar-refractivity contribution in [3.8, 4) is 0 Å². The van der Waals surface area contributed by atoms with Crippen molar-refractivity contribution in [3.05, 3.63) is 34.1 Å². The van der Waals surface area contributed by atoms with E-state index in [4.69, 9.17) is 5.73 Å². The van der Waals surface area contributed by atoms with Gasteiger partial charge >= 0.3 is 0 Å². The predicted molar refractivity (Wildman–Crippen MR) is 78.0 cm³/mol. The molecule has 18 heavy (non-hydrogen) atoms. The molecule has 0 heterocycles. The van der Waals surface area contributed by atoms with Crippen LogP contribution in [0.1, 0.15) is 38.3 Å². The lowest BCUT2D eigenvalue weighted by Crippen LogP contribution is -2.38. The van der Waals surface area contributed by atoms with E-state index < -0.39 is 0 Å². The smallest absolute Gasteiger partial charge is 0.128 e. The fraction of sp³-hybridized carbons (Fsp3) is 0.571. The van der Waals surface area contributed by atoms with Crippen LogP contribution >= 0.6 is 15.9 Å². The lowest BCUT2D eigenvalue weighted by Gasteiger charge is -2.34. The third kappa shape index (κ3) is 3.53. The fourth-order valence-electron chi connectivity index (χ4n) is 2.40. The largest absolute Gasteiger partial charge is 0.329 e. The molecule has 1 rings (SSSR count). The van der Waals surface area contributed by atoms with Gasteiger partial charge in [0.05, 0.1) is 0 Å². The number of hydrogen-bond acceptors (Lipinski definition) is 2. The van der Waals surface area contributed by atoms with Crippen LogP contribution in [-0.4, -0.2) is 24.5 Å². The molecule has 0 spiro atoms. The van der Waals surface area contributed by atoms with Crippen molar-refractivity contribution in [2.75, 3.05) is 13.6 Å². The minimum atomic E-state index is -0.188. The summed E-state index contributed by atoms with van der Waals surface area (Å²) < 4.78 is 14.8. The normalized spacial score (nSPS) is 13.3. The molecule has 0 aliphatic carbocycles. The van der Waals surface area contributed by atoms with Crippen LogP contribution in [0.25, 0.3) is 0 Å². The summed E-state index contributed by atoms with van der Waals surface area (Å²) in [6.07, 6.45) is 2.08. The standard InChI is InChI=1S/C14H22BrFN2/c1-4-11(5-2)18(3)14(9-17)12-8-10(15)6-7-13(12)16/h6-8,11,14H,4-5,9,17H2,1-3H3. The second-order valence-corrected chi connectivity index (χ2v) is 5.47. The van der Waals surface area contributed by atoms with Crippen molar-refractivity contribution < 1.29 is 4.39 Å². The zero-order valence-electron chi connectivity index (χ0n) is 11.3. The molecular formula is C14H22BrFN2. The predicted octanol–water partition coefficient (Wildman–Crippen LogP) is 3.71. The maximum absolute atomic E-state index is 13.9. The first-order valence-electron chi connectivity index (χ1n) is 6.42. The van der Waals surface area contributed by atoms with Crippen LogP contribution in [0, 0.1) is 5.82 Å². The van der Waals surface area contributed by atoms with Gasteiger partial charge in [0.25, 0.3) is 0 Å². The highest BCUT2D eigenvalue weighted by Gasteiger charge is 2.23. The maximum atomic E-state index is 13.9. The second kappa shape index (κ2) is 7.22. The van der Waals surface area contributed by atoms with Gasteiger partial charge in [-0.1, -0.05) is 29.8 Å². The minimum Gasteiger partial charge on any atom is -0.329 e. The van der Waals surface area contributed by atoms with Gasteiger partial charge in [0, 0.05) is 28.7 Å². The Balaban J connectivity index is 3.05. The lowest BCUT2D eigenvalue weighted by molar-refractivity contribution is 0.165. The molecule has 0 aliphatic heterocycles. The van der Waals surface area contributed by atoms with Gasteiger partial charge in [-0.25, -0.2) is 4.39 Å². The SMILES string of the molecule is CCC(CC)N(C)C(CN)c1cc(Br)ccc1F. The van der Waals surface area contributed by atoms with E-state index in [9.17, 15) is 4.39 Å². The number of rotatable bonds is 6. The van der Waals surface area contributed by atoms with E-state index in [-0.39, 0.29) is 11.9 Å². The zero-order chi connectivity index (χ0) is 13.7. The molecule has 1 atom stereocenters. The average molecular weight is 317 g/mol. The Morgan fingerprint density at radius 1 is 1.33 bits per heavy atom. The van der Waals surface area contributed by atoms with Gasteiger partial charge in [-0.2, -0.15) is 0 Å². The third-order valence-corrected chi connectivity index (χ3v) is 4.04. The lowest BCUT2D eigenvalue weighted by atomic mass is 10.0. The summed E-state index contributed by atoms with van der Waals surface area (Å²) >= 11 is 3.39. The van der Waals surface area contributed by atoms with Gasteiger partial charge in [-0.15, -0.1) is 0 Å². The Labute approximate surface area is 117 Å².